The molecule has 0 bridgehead atoms. The van der Waals surface area contributed by atoms with Gasteiger partial charge in [-0.3, -0.25) is 0 Å². The van der Waals surface area contributed by atoms with Crippen LogP contribution in [0.25, 0.3) is 0 Å². The molecule has 0 aliphatic heterocycles. The van der Waals surface area contributed by atoms with E-state index in [1.807, 2.05) is 0 Å². The topological polar surface area (TPSA) is 61.8 Å². The van der Waals surface area contributed by atoms with Crippen molar-refractivity contribution >= 4 is 10.2 Å². The molecule has 0 unspecified atom stereocenters. The smallest absolute Gasteiger partial charge is 0.332 e. The molecule has 0 saturated heterocycles. The molecular weight excluding hydrogens is 239 g/mol. The molecule has 5 nitrogen and oxygen atoms in total. The van der Waals surface area contributed by atoms with Crippen LogP contribution in [0.5, 0.6) is 17.2 Å². The summed E-state index contributed by atoms with van der Waals surface area (Å²) >= 11 is 0. The van der Waals surface area contributed by atoms with Crippen LogP contribution in [0.1, 0.15) is 0 Å². The van der Waals surface area contributed by atoms with Gasteiger partial charge in [-0.2, -0.15) is 8.42 Å². The van der Waals surface area contributed by atoms with Crippen LogP contribution in [-0.4, -0.2) is 29.7 Å². The summed E-state index contributed by atoms with van der Waals surface area (Å²) in [5, 5.41) is 0. The Labute approximate surface area is 93.0 Å². The van der Waals surface area contributed by atoms with Crippen molar-refractivity contribution in [1.82, 2.24) is 0 Å². The zero-order valence-electron chi connectivity index (χ0n) is 8.98. The van der Waals surface area contributed by atoms with Gasteiger partial charge in [0.2, 0.25) is 5.75 Å². The molecule has 0 atom stereocenters. The lowest BCUT2D eigenvalue weighted by atomic mass is 10.3. The number of halogens is 1. The van der Waals surface area contributed by atoms with E-state index in [1.54, 1.807) is 0 Å². The number of rotatable bonds is 4. The summed E-state index contributed by atoms with van der Waals surface area (Å²) in [6, 6.07) is 2.05. The van der Waals surface area contributed by atoms with E-state index >= 15 is 0 Å². The Kier molecular flexibility index (Phi) is 3.58. The van der Waals surface area contributed by atoms with Crippen molar-refractivity contribution in [2.75, 3.05) is 21.3 Å². The van der Waals surface area contributed by atoms with Crippen molar-refractivity contribution in [2.45, 2.75) is 4.90 Å². The highest BCUT2D eigenvalue weighted by molar-refractivity contribution is 7.86. The number of methoxy groups -OCH3 is 3. The van der Waals surface area contributed by atoms with Gasteiger partial charge in [0.25, 0.3) is 0 Å². The van der Waals surface area contributed by atoms with Crippen molar-refractivity contribution < 1.29 is 26.5 Å². The SMILES string of the molecule is COc1cc(S(=O)(=O)F)cc(OC)c1OC. The van der Waals surface area contributed by atoms with Gasteiger partial charge in [-0.25, -0.2) is 0 Å². The Morgan fingerprint density at radius 3 is 1.69 bits per heavy atom. The third-order valence-electron chi connectivity index (χ3n) is 1.92. The Morgan fingerprint density at radius 2 is 1.44 bits per heavy atom. The predicted octanol–water partition coefficient (Wildman–Crippen LogP) is 1.37. The first-order valence-corrected chi connectivity index (χ1v) is 5.57. The molecule has 0 saturated carbocycles. The molecule has 1 aromatic carbocycles. The maximum Gasteiger partial charge on any atom is 0.332 e. The third kappa shape index (κ3) is 2.35. The lowest BCUT2D eigenvalue weighted by molar-refractivity contribution is 0.322. The van der Waals surface area contributed by atoms with Crippen LogP contribution in [0.2, 0.25) is 0 Å². The van der Waals surface area contributed by atoms with Crippen molar-refractivity contribution in [1.29, 1.82) is 0 Å². The molecular formula is C9H11FO5S. The lowest BCUT2D eigenvalue weighted by Crippen LogP contribution is -1.99. The fraction of sp³-hybridized carbons (Fsp3) is 0.333. The van der Waals surface area contributed by atoms with Gasteiger partial charge in [0.1, 0.15) is 4.90 Å². The minimum atomic E-state index is -4.81. The summed E-state index contributed by atoms with van der Waals surface area (Å²) in [5.41, 5.74) is 0. The van der Waals surface area contributed by atoms with Crippen LogP contribution in [0, 0.1) is 0 Å². The molecule has 16 heavy (non-hydrogen) atoms. The van der Waals surface area contributed by atoms with E-state index < -0.39 is 15.1 Å². The summed E-state index contributed by atoms with van der Waals surface area (Å²) in [4.78, 5) is -0.540. The fourth-order valence-corrected chi connectivity index (χ4v) is 1.69. The standard InChI is InChI=1S/C9H11FO5S/c1-13-7-4-6(16(10,11)12)5-8(14-2)9(7)15-3/h4-5H,1-3H3. The Bertz CT molecular complexity index is 458. The van der Waals surface area contributed by atoms with Crippen LogP contribution in [0.3, 0.4) is 0 Å². The summed E-state index contributed by atoms with van der Waals surface area (Å²) in [7, 11) is -0.821. The molecule has 0 aromatic heterocycles. The first kappa shape index (κ1) is 12.6. The first-order valence-electron chi connectivity index (χ1n) is 4.18. The zero-order chi connectivity index (χ0) is 12.3. The van der Waals surface area contributed by atoms with Gasteiger partial charge in [-0.1, -0.05) is 0 Å². The van der Waals surface area contributed by atoms with Crippen LogP contribution in [0.15, 0.2) is 17.0 Å². The Hall–Kier alpha value is -1.50. The summed E-state index contributed by atoms with van der Waals surface area (Å²) < 4.78 is 49.0. The average molecular weight is 250 g/mol. The van der Waals surface area contributed by atoms with Gasteiger partial charge in [-0.15, -0.1) is 3.89 Å². The number of hydrogen-bond acceptors (Lipinski definition) is 5. The molecule has 7 heteroatoms. The molecule has 0 radical (unpaired) electrons. The van der Waals surface area contributed by atoms with E-state index in [1.165, 1.54) is 21.3 Å². The highest BCUT2D eigenvalue weighted by Gasteiger charge is 2.20. The highest BCUT2D eigenvalue weighted by atomic mass is 32.3. The normalized spacial score (nSPS) is 11.0. The molecule has 0 aliphatic carbocycles. The second kappa shape index (κ2) is 4.56. The third-order valence-corrected chi connectivity index (χ3v) is 2.72. The summed E-state index contributed by atoms with van der Waals surface area (Å²) in [6.07, 6.45) is 0. The summed E-state index contributed by atoms with van der Waals surface area (Å²) in [5.74, 6) is 0.369. The predicted molar refractivity (Wildman–Crippen MR) is 54.4 cm³/mol. The summed E-state index contributed by atoms with van der Waals surface area (Å²) in [6.45, 7) is 0. The molecule has 1 aromatic rings. The molecule has 0 N–H and O–H groups in total. The van der Waals surface area contributed by atoms with Gasteiger partial charge in [0.15, 0.2) is 11.5 Å². The largest absolute Gasteiger partial charge is 0.493 e. The lowest BCUT2D eigenvalue weighted by Gasteiger charge is -2.12. The van der Waals surface area contributed by atoms with Crippen LogP contribution >= 0.6 is 0 Å². The molecule has 0 amide bonds. The fourth-order valence-electron chi connectivity index (χ4n) is 1.20. The van der Waals surface area contributed by atoms with Crippen LogP contribution in [-0.2, 0) is 10.2 Å². The van der Waals surface area contributed by atoms with E-state index in [0.29, 0.717) is 0 Å². The van der Waals surface area contributed by atoms with Crippen molar-refractivity contribution in [3.63, 3.8) is 0 Å². The van der Waals surface area contributed by atoms with E-state index in [4.69, 9.17) is 14.2 Å². The number of hydrogen-bond donors (Lipinski definition) is 0. The van der Waals surface area contributed by atoms with E-state index in [-0.39, 0.29) is 17.2 Å². The average Bonchev–Trinajstić information content (AvgIpc) is 2.25. The van der Waals surface area contributed by atoms with Gasteiger partial charge in [0, 0.05) is 12.1 Å². The molecule has 0 fully saturated rings. The Balaban J connectivity index is 3.49. The van der Waals surface area contributed by atoms with Crippen molar-refractivity contribution in [2.24, 2.45) is 0 Å². The molecule has 0 spiro atoms. The minimum Gasteiger partial charge on any atom is -0.493 e. The first-order chi connectivity index (χ1) is 7.43. The molecule has 0 aliphatic rings. The van der Waals surface area contributed by atoms with Gasteiger partial charge in [-0.05, 0) is 0 Å². The van der Waals surface area contributed by atoms with Crippen molar-refractivity contribution in [3.8, 4) is 17.2 Å². The van der Waals surface area contributed by atoms with Gasteiger partial charge >= 0.3 is 10.2 Å². The maximum atomic E-state index is 12.8. The number of benzene rings is 1. The van der Waals surface area contributed by atoms with Crippen molar-refractivity contribution in [3.05, 3.63) is 12.1 Å². The van der Waals surface area contributed by atoms with Crippen LogP contribution in [0.4, 0.5) is 3.89 Å². The maximum absolute atomic E-state index is 12.8. The second-order valence-electron chi connectivity index (χ2n) is 2.80. The van der Waals surface area contributed by atoms with E-state index in [0.717, 1.165) is 12.1 Å². The zero-order valence-corrected chi connectivity index (χ0v) is 9.80. The molecule has 1 rings (SSSR count). The van der Waals surface area contributed by atoms with Crippen LogP contribution < -0.4 is 14.2 Å². The monoisotopic (exact) mass is 250 g/mol. The molecule has 90 valence electrons. The second-order valence-corrected chi connectivity index (χ2v) is 4.15. The van der Waals surface area contributed by atoms with Gasteiger partial charge < -0.3 is 14.2 Å². The van der Waals surface area contributed by atoms with E-state index in [9.17, 15) is 12.3 Å². The number of ether oxygens (including phenoxy) is 3. The van der Waals surface area contributed by atoms with E-state index in [2.05, 4.69) is 0 Å². The van der Waals surface area contributed by atoms with Gasteiger partial charge in [0.05, 0.1) is 21.3 Å². The highest BCUT2D eigenvalue weighted by Crippen LogP contribution is 2.39. The minimum absolute atomic E-state index is 0.0816. The molecule has 0 heterocycles. The Morgan fingerprint density at radius 1 is 1.00 bits per heavy atom. The quantitative estimate of drug-likeness (QED) is 0.755.